The molecule has 8 nitrogen and oxygen atoms in total. The Hall–Kier alpha value is -2.74. The molecule has 3 amide bonds. The number of piperidine rings is 2. The first-order valence-electron chi connectivity index (χ1n) is 10.0. The van der Waals surface area contributed by atoms with E-state index in [0.717, 1.165) is 31.5 Å². The highest BCUT2D eigenvalue weighted by Crippen LogP contribution is 2.33. The van der Waals surface area contributed by atoms with Crippen molar-refractivity contribution < 1.29 is 23.9 Å². The zero-order chi connectivity index (χ0) is 20.5. The minimum atomic E-state index is -0.586. The zero-order valence-electron chi connectivity index (χ0n) is 16.5. The summed E-state index contributed by atoms with van der Waals surface area (Å²) in [6.07, 6.45) is 2.52. The highest BCUT2D eigenvalue weighted by Gasteiger charge is 2.39. The van der Waals surface area contributed by atoms with Crippen LogP contribution in [0.4, 0.5) is 0 Å². The number of likely N-dealkylation sites (tertiary alicyclic amines) is 1. The lowest BCUT2D eigenvalue weighted by Crippen LogP contribution is -2.52. The molecule has 3 aliphatic heterocycles. The molecule has 0 aliphatic carbocycles. The van der Waals surface area contributed by atoms with E-state index in [-0.39, 0.29) is 30.1 Å². The molecule has 1 N–H and O–H groups in total. The summed E-state index contributed by atoms with van der Waals surface area (Å²) in [5.41, 5.74) is 2.77. The minimum Gasteiger partial charge on any atom is -0.468 e. The monoisotopic (exact) mass is 399 g/mol. The van der Waals surface area contributed by atoms with Crippen LogP contribution in [-0.2, 0) is 25.7 Å². The summed E-state index contributed by atoms with van der Waals surface area (Å²) in [5.74, 6) is -0.646. The molecule has 2 fully saturated rings. The Morgan fingerprint density at radius 3 is 2.62 bits per heavy atom. The fraction of sp³-hybridized carbons (Fsp3) is 0.524. The molecule has 0 aromatic heterocycles. The van der Waals surface area contributed by atoms with Crippen LogP contribution in [0.25, 0.3) is 0 Å². The van der Waals surface area contributed by atoms with Crippen LogP contribution in [0.5, 0.6) is 0 Å². The third-order valence-corrected chi connectivity index (χ3v) is 6.19. The molecule has 4 rings (SSSR count). The summed E-state index contributed by atoms with van der Waals surface area (Å²) < 4.78 is 4.73. The van der Waals surface area contributed by atoms with Crippen molar-refractivity contribution in [1.29, 1.82) is 0 Å². The number of benzene rings is 1. The number of carbonyl (C=O) groups excluding carboxylic acids is 4. The van der Waals surface area contributed by atoms with E-state index in [4.69, 9.17) is 4.74 Å². The summed E-state index contributed by atoms with van der Waals surface area (Å²) in [5, 5.41) is 2.33. The van der Waals surface area contributed by atoms with E-state index in [1.165, 1.54) is 12.7 Å². The van der Waals surface area contributed by atoms with Crippen molar-refractivity contribution >= 4 is 23.7 Å². The van der Waals surface area contributed by atoms with Crippen molar-refractivity contribution in [3.8, 4) is 0 Å². The first kappa shape index (κ1) is 19.6. The zero-order valence-corrected chi connectivity index (χ0v) is 16.5. The maximum atomic E-state index is 12.8. The summed E-state index contributed by atoms with van der Waals surface area (Å²) in [6.45, 7) is 2.38. The molecular formula is C21H25N3O5. The van der Waals surface area contributed by atoms with E-state index in [2.05, 4.69) is 16.3 Å². The first-order chi connectivity index (χ1) is 14.0. The van der Waals surface area contributed by atoms with Crippen LogP contribution in [0.15, 0.2) is 18.2 Å². The van der Waals surface area contributed by atoms with Crippen LogP contribution >= 0.6 is 0 Å². The van der Waals surface area contributed by atoms with Crippen molar-refractivity contribution in [3.05, 3.63) is 34.9 Å². The Morgan fingerprint density at radius 2 is 1.93 bits per heavy atom. The van der Waals surface area contributed by atoms with Crippen LogP contribution in [0.1, 0.15) is 53.1 Å². The van der Waals surface area contributed by atoms with Gasteiger partial charge in [-0.3, -0.25) is 29.4 Å². The maximum absolute atomic E-state index is 12.8. The number of hydrogen-bond donors (Lipinski definition) is 1. The number of carbonyl (C=O) groups is 4. The molecule has 1 aromatic rings. The van der Waals surface area contributed by atoms with Gasteiger partial charge in [-0.25, -0.2) is 0 Å². The van der Waals surface area contributed by atoms with Crippen LogP contribution in [0.2, 0.25) is 0 Å². The van der Waals surface area contributed by atoms with E-state index in [9.17, 15) is 19.2 Å². The van der Waals surface area contributed by atoms with Crippen LogP contribution in [0, 0.1) is 0 Å². The Morgan fingerprint density at radius 1 is 1.17 bits per heavy atom. The Labute approximate surface area is 169 Å². The summed E-state index contributed by atoms with van der Waals surface area (Å²) in [7, 11) is 1.40. The molecule has 154 valence electrons. The lowest BCUT2D eigenvalue weighted by Gasteiger charge is -2.31. The van der Waals surface area contributed by atoms with E-state index in [1.807, 2.05) is 12.1 Å². The predicted molar refractivity (Wildman–Crippen MR) is 103 cm³/mol. The molecule has 0 spiro atoms. The predicted octanol–water partition coefficient (Wildman–Crippen LogP) is 0.800. The molecule has 1 atom stereocenters. The highest BCUT2D eigenvalue weighted by molar-refractivity contribution is 6.05. The number of amides is 3. The number of rotatable bonds is 4. The molecule has 8 heteroatoms. The fourth-order valence-corrected chi connectivity index (χ4v) is 4.52. The molecule has 0 saturated carbocycles. The second-order valence-corrected chi connectivity index (χ2v) is 7.94. The Balaban J connectivity index is 1.42. The minimum absolute atomic E-state index is 0.144. The van der Waals surface area contributed by atoms with Gasteiger partial charge >= 0.3 is 5.97 Å². The summed E-state index contributed by atoms with van der Waals surface area (Å²) in [6, 6.07) is 5.36. The largest absolute Gasteiger partial charge is 0.468 e. The number of hydrogen-bond acceptors (Lipinski definition) is 6. The number of imide groups is 1. The highest BCUT2D eigenvalue weighted by atomic mass is 16.5. The molecule has 1 aromatic carbocycles. The number of ether oxygens (including phenoxy) is 1. The number of methoxy groups -OCH3 is 1. The van der Waals surface area contributed by atoms with Gasteiger partial charge in [0.25, 0.3) is 5.91 Å². The normalized spacial score (nSPS) is 23.1. The van der Waals surface area contributed by atoms with Gasteiger partial charge in [0.15, 0.2) is 0 Å². The van der Waals surface area contributed by atoms with Crippen molar-refractivity contribution in [2.24, 2.45) is 0 Å². The Bertz CT molecular complexity index is 860. The summed E-state index contributed by atoms with van der Waals surface area (Å²) >= 11 is 0. The van der Waals surface area contributed by atoms with E-state index >= 15 is 0 Å². The average molecular weight is 399 g/mol. The number of nitrogens with zero attached hydrogens (tertiary/aromatic N) is 2. The van der Waals surface area contributed by atoms with Crippen molar-refractivity contribution in [1.82, 2.24) is 15.1 Å². The average Bonchev–Trinajstić information content (AvgIpc) is 3.04. The fourth-order valence-electron chi connectivity index (χ4n) is 4.52. The first-order valence-corrected chi connectivity index (χ1v) is 10.0. The Kier molecular flexibility index (Phi) is 5.36. The van der Waals surface area contributed by atoms with Crippen LogP contribution < -0.4 is 5.32 Å². The summed E-state index contributed by atoms with van der Waals surface area (Å²) in [4.78, 5) is 51.5. The standard InChI is InChI=1S/C21H25N3O5/c1-29-19(26)12-23-8-6-13(7-9-23)14-2-3-16-15(10-14)11-24(21(16)28)17-4-5-18(25)22-20(17)27/h2-3,10,13,17H,4-9,11-12H2,1H3,(H,22,25,27). The number of esters is 1. The van der Waals surface area contributed by atoms with Gasteiger partial charge in [-0.05, 0) is 55.5 Å². The molecular weight excluding hydrogens is 374 g/mol. The van der Waals surface area contributed by atoms with Gasteiger partial charge in [-0.15, -0.1) is 0 Å². The van der Waals surface area contributed by atoms with Crippen molar-refractivity contribution in [2.75, 3.05) is 26.7 Å². The van der Waals surface area contributed by atoms with Gasteiger partial charge in [0, 0.05) is 18.5 Å². The second-order valence-electron chi connectivity index (χ2n) is 7.94. The second kappa shape index (κ2) is 7.94. The van der Waals surface area contributed by atoms with Gasteiger partial charge in [-0.1, -0.05) is 12.1 Å². The maximum Gasteiger partial charge on any atom is 0.319 e. The quantitative estimate of drug-likeness (QED) is 0.594. The van der Waals surface area contributed by atoms with Gasteiger partial charge < -0.3 is 9.64 Å². The van der Waals surface area contributed by atoms with Crippen molar-refractivity contribution in [3.63, 3.8) is 0 Å². The van der Waals surface area contributed by atoms with E-state index in [0.29, 0.717) is 31.0 Å². The van der Waals surface area contributed by atoms with Gasteiger partial charge in [0.2, 0.25) is 11.8 Å². The topological polar surface area (TPSA) is 96.0 Å². The molecule has 29 heavy (non-hydrogen) atoms. The number of fused-ring (bicyclic) bond motifs is 1. The van der Waals surface area contributed by atoms with Crippen LogP contribution in [0.3, 0.4) is 0 Å². The van der Waals surface area contributed by atoms with Gasteiger partial charge in [0.05, 0.1) is 13.7 Å². The lowest BCUT2D eigenvalue weighted by atomic mass is 9.88. The van der Waals surface area contributed by atoms with E-state index in [1.54, 1.807) is 4.90 Å². The lowest BCUT2D eigenvalue weighted by molar-refractivity contribution is -0.142. The molecule has 3 aliphatic rings. The van der Waals surface area contributed by atoms with Gasteiger partial charge in [0.1, 0.15) is 6.04 Å². The van der Waals surface area contributed by atoms with E-state index < -0.39 is 6.04 Å². The molecule has 0 radical (unpaired) electrons. The molecule has 0 bridgehead atoms. The smallest absolute Gasteiger partial charge is 0.319 e. The molecule has 3 heterocycles. The SMILES string of the molecule is COC(=O)CN1CCC(c2ccc3c(c2)CN(C2CCC(=O)NC2=O)C3=O)CC1. The third-order valence-electron chi connectivity index (χ3n) is 6.19. The van der Waals surface area contributed by atoms with Gasteiger partial charge in [-0.2, -0.15) is 0 Å². The van der Waals surface area contributed by atoms with Crippen molar-refractivity contribution in [2.45, 2.75) is 44.2 Å². The molecule has 2 saturated heterocycles. The molecule has 1 unspecified atom stereocenters. The van der Waals surface area contributed by atoms with Crippen LogP contribution in [-0.4, -0.2) is 66.3 Å². The number of nitrogens with one attached hydrogen (secondary N) is 1. The third kappa shape index (κ3) is 3.89.